The van der Waals surface area contributed by atoms with Crippen LogP contribution >= 0.6 is 23.5 Å². The number of carbonyl (C=O) groups is 3. The van der Waals surface area contributed by atoms with E-state index in [2.05, 4.69) is 25.9 Å². The van der Waals surface area contributed by atoms with Gasteiger partial charge in [0, 0.05) is 41.9 Å². The highest BCUT2D eigenvalue weighted by atomic mass is 32.2. The van der Waals surface area contributed by atoms with Crippen molar-refractivity contribution in [2.24, 2.45) is 11.5 Å². The Morgan fingerprint density at radius 3 is 1.60 bits per heavy atom. The quantitative estimate of drug-likeness (QED) is 0.0574. The molecule has 1 heterocycles. The van der Waals surface area contributed by atoms with Crippen LogP contribution < -0.4 is 33.2 Å². The molecule has 52 heavy (non-hydrogen) atoms. The largest absolute Gasteiger partial charge is 0.416 e. The molecule has 9 N–H and O–H groups in total. The van der Waals surface area contributed by atoms with E-state index in [1.807, 2.05) is 6.07 Å². The molecule has 12 nitrogen and oxygen atoms in total. The number of nitrogens with two attached hydrogens (primary N) is 3. The summed E-state index contributed by atoms with van der Waals surface area (Å²) in [6.07, 6.45) is -8.94. The van der Waals surface area contributed by atoms with Crippen molar-refractivity contribution in [1.82, 2.24) is 9.97 Å². The second-order valence-corrected chi connectivity index (χ2v) is 12.7. The van der Waals surface area contributed by atoms with E-state index in [1.165, 1.54) is 24.3 Å². The number of halogens is 6. The van der Waals surface area contributed by atoms with Crippen molar-refractivity contribution >= 4 is 64.0 Å². The first-order chi connectivity index (χ1) is 24.5. The molecule has 4 aromatic rings. The van der Waals surface area contributed by atoms with E-state index in [0.717, 1.165) is 35.9 Å². The van der Waals surface area contributed by atoms with Gasteiger partial charge >= 0.3 is 12.4 Å². The van der Waals surface area contributed by atoms with E-state index in [9.17, 15) is 40.7 Å². The number of nitrogens with zero attached hydrogens (tertiary/aromatic N) is 3. The summed E-state index contributed by atoms with van der Waals surface area (Å²) in [6, 6.07) is 10.8. The SMILES string of the molecule is N#Cc1ccc(C(=O)Nc2cc(C(F)(F)F)cc(NC(=O)c3cc(C(=O)Nc4cc(C(F)(F)F)cc(N)c4SCCN)ncn3)c2SCCN)cc1. The topological polar surface area (TPSA) is 215 Å². The third-order valence-corrected chi connectivity index (χ3v) is 9.10. The fourth-order valence-electron chi connectivity index (χ4n) is 4.39. The molecule has 0 aliphatic heterocycles. The van der Waals surface area contributed by atoms with Crippen molar-refractivity contribution in [3.05, 3.63) is 94.6 Å². The summed E-state index contributed by atoms with van der Waals surface area (Å²) in [5, 5.41) is 16.1. The smallest absolute Gasteiger partial charge is 0.398 e. The predicted molar refractivity (Wildman–Crippen MR) is 184 cm³/mol. The molecule has 3 amide bonds. The Morgan fingerprint density at radius 1 is 0.692 bits per heavy atom. The number of benzene rings is 3. The average molecular weight is 764 g/mol. The summed E-state index contributed by atoms with van der Waals surface area (Å²) in [5.74, 6) is -2.57. The van der Waals surface area contributed by atoms with Crippen molar-refractivity contribution in [2.45, 2.75) is 22.1 Å². The van der Waals surface area contributed by atoms with Crippen LogP contribution in [0.1, 0.15) is 48.0 Å². The van der Waals surface area contributed by atoms with Crippen LogP contribution in [-0.4, -0.2) is 52.3 Å². The number of thioether (sulfide) groups is 2. The van der Waals surface area contributed by atoms with Crippen molar-refractivity contribution in [1.29, 1.82) is 5.26 Å². The van der Waals surface area contributed by atoms with Crippen molar-refractivity contribution in [2.75, 3.05) is 46.3 Å². The number of aromatic nitrogens is 2. The third kappa shape index (κ3) is 9.91. The van der Waals surface area contributed by atoms with E-state index in [1.54, 1.807) is 0 Å². The summed E-state index contributed by atoms with van der Waals surface area (Å²) in [6.45, 7) is 0.211. The molecule has 272 valence electrons. The molecular formula is C32H27F6N9O3S2. The molecular weight excluding hydrogens is 737 g/mol. The zero-order valence-electron chi connectivity index (χ0n) is 26.5. The first-order valence-electron chi connectivity index (χ1n) is 14.7. The summed E-state index contributed by atoms with van der Waals surface area (Å²) in [4.78, 5) is 47.3. The van der Waals surface area contributed by atoms with Gasteiger partial charge in [-0.3, -0.25) is 14.4 Å². The molecule has 0 bridgehead atoms. The van der Waals surface area contributed by atoms with Gasteiger partial charge in [0.15, 0.2) is 0 Å². The lowest BCUT2D eigenvalue weighted by Gasteiger charge is -2.19. The van der Waals surface area contributed by atoms with Gasteiger partial charge in [0.05, 0.1) is 49.6 Å². The highest BCUT2D eigenvalue weighted by Crippen LogP contribution is 2.42. The normalized spacial score (nSPS) is 11.4. The molecule has 0 aliphatic rings. The second kappa shape index (κ2) is 16.8. The van der Waals surface area contributed by atoms with Gasteiger partial charge in [-0.25, -0.2) is 9.97 Å². The lowest BCUT2D eigenvalue weighted by molar-refractivity contribution is -0.138. The van der Waals surface area contributed by atoms with E-state index in [0.29, 0.717) is 24.3 Å². The number of nitriles is 1. The molecule has 0 spiro atoms. The van der Waals surface area contributed by atoms with Crippen LogP contribution in [-0.2, 0) is 12.4 Å². The van der Waals surface area contributed by atoms with Crippen LogP contribution in [0, 0.1) is 11.3 Å². The Labute approximate surface area is 299 Å². The number of anilines is 4. The molecule has 0 radical (unpaired) electrons. The van der Waals surface area contributed by atoms with E-state index < -0.39 is 52.6 Å². The second-order valence-electron chi connectivity index (χ2n) is 10.5. The number of amides is 3. The lowest BCUT2D eigenvalue weighted by Crippen LogP contribution is -2.20. The van der Waals surface area contributed by atoms with Crippen LogP contribution in [0.25, 0.3) is 0 Å². The van der Waals surface area contributed by atoms with Gasteiger partial charge in [-0.05, 0) is 48.5 Å². The molecule has 0 fully saturated rings. The number of rotatable bonds is 12. The molecule has 4 rings (SSSR count). The van der Waals surface area contributed by atoms with Crippen LogP contribution in [0.4, 0.5) is 49.1 Å². The molecule has 0 unspecified atom stereocenters. The maximum atomic E-state index is 14.0. The number of nitrogens with one attached hydrogen (secondary N) is 3. The standard InChI is InChI=1S/C32H27F6N9O3S2/c33-31(34,35)18-9-20(42)26(51-7-5-39)21(10-18)46-29(49)24-13-25(44-15-43-24)30(50)47-23-12-19(32(36,37)38)11-22(27(23)52-8-6-40)45-28(48)17-3-1-16(14-41)2-4-17/h1-4,9-13,15H,5-8,39-40,42H2,(H,45,48)(H,46,49)(H,47,50). The van der Waals surface area contributed by atoms with E-state index in [4.69, 9.17) is 22.5 Å². The Morgan fingerprint density at radius 2 is 1.13 bits per heavy atom. The van der Waals surface area contributed by atoms with Crippen LogP contribution in [0.3, 0.4) is 0 Å². The van der Waals surface area contributed by atoms with E-state index in [-0.39, 0.29) is 68.3 Å². The fourth-order valence-corrected chi connectivity index (χ4v) is 6.06. The lowest BCUT2D eigenvalue weighted by atomic mass is 10.1. The molecule has 1 aromatic heterocycles. The van der Waals surface area contributed by atoms with Gasteiger partial charge in [-0.15, -0.1) is 23.5 Å². The first-order valence-corrected chi connectivity index (χ1v) is 16.7. The van der Waals surface area contributed by atoms with Crippen LogP contribution in [0.2, 0.25) is 0 Å². The maximum Gasteiger partial charge on any atom is 0.416 e. The van der Waals surface area contributed by atoms with Crippen LogP contribution in [0.5, 0.6) is 0 Å². The zero-order chi connectivity index (χ0) is 38.2. The Kier molecular flexibility index (Phi) is 12.7. The van der Waals surface area contributed by atoms with Crippen molar-refractivity contribution < 1.29 is 40.7 Å². The molecule has 0 aliphatic carbocycles. The highest BCUT2D eigenvalue weighted by Gasteiger charge is 2.34. The monoisotopic (exact) mass is 763 g/mol. The van der Waals surface area contributed by atoms with Gasteiger partial charge in [-0.2, -0.15) is 31.6 Å². The fraction of sp³-hybridized carbons (Fsp3) is 0.188. The molecule has 0 atom stereocenters. The van der Waals surface area contributed by atoms with Gasteiger partial charge in [0.1, 0.15) is 17.7 Å². The number of alkyl halides is 6. The van der Waals surface area contributed by atoms with Crippen molar-refractivity contribution in [3.8, 4) is 6.07 Å². The summed E-state index contributed by atoms with van der Waals surface area (Å²) in [5.41, 5.74) is 12.6. The highest BCUT2D eigenvalue weighted by molar-refractivity contribution is 7.99. The summed E-state index contributed by atoms with van der Waals surface area (Å²) in [7, 11) is 0. The Balaban J connectivity index is 1.68. The molecule has 0 saturated carbocycles. The molecule has 3 aromatic carbocycles. The summed E-state index contributed by atoms with van der Waals surface area (Å²) >= 11 is 1.93. The van der Waals surface area contributed by atoms with Gasteiger partial charge in [-0.1, -0.05) is 0 Å². The Bertz CT molecular complexity index is 2020. The maximum absolute atomic E-state index is 14.0. The van der Waals surface area contributed by atoms with Crippen LogP contribution in [0.15, 0.2) is 70.7 Å². The minimum Gasteiger partial charge on any atom is -0.398 e. The first kappa shape index (κ1) is 39.4. The van der Waals surface area contributed by atoms with Gasteiger partial charge in [0.2, 0.25) is 0 Å². The Hall–Kier alpha value is -5.36. The number of nitrogen functional groups attached to an aromatic ring is 1. The van der Waals surface area contributed by atoms with Gasteiger partial charge in [0.25, 0.3) is 17.7 Å². The number of hydrogen-bond acceptors (Lipinski definition) is 11. The summed E-state index contributed by atoms with van der Waals surface area (Å²) < 4.78 is 82.7. The molecule has 20 heteroatoms. The van der Waals surface area contributed by atoms with Crippen molar-refractivity contribution in [3.63, 3.8) is 0 Å². The number of carbonyl (C=O) groups excluding carboxylic acids is 3. The minimum absolute atomic E-state index is 0.00506. The molecule has 0 saturated heterocycles. The zero-order valence-corrected chi connectivity index (χ0v) is 28.1. The number of hydrogen-bond donors (Lipinski definition) is 6. The predicted octanol–water partition coefficient (Wildman–Crippen LogP) is 5.83. The average Bonchev–Trinajstić information content (AvgIpc) is 3.10. The van der Waals surface area contributed by atoms with E-state index >= 15 is 0 Å². The van der Waals surface area contributed by atoms with Gasteiger partial charge < -0.3 is 33.2 Å². The third-order valence-electron chi connectivity index (χ3n) is 6.74. The minimum atomic E-state index is -4.93.